The van der Waals surface area contributed by atoms with Crippen LogP contribution < -0.4 is 5.32 Å². The number of Topliss-reactive ketones (excluding diaryl/α,β-unsaturated/α-hetero) is 1. The summed E-state index contributed by atoms with van der Waals surface area (Å²) in [4.78, 5) is 24.0. The lowest BCUT2D eigenvalue weighted by Crippen LogP contribution is -2.08. The number of ketones is 1. The summed E-state index contributed by atoms with van der Waals surface area (Å²) in [7, 11) is 0. The SMILES string of the molecule is CC(=O)c1cccc(NC(=O)/C=C/c2cccs2)c1. The maximum absolute atomic E-state index is 11.7. The summed E-state index contributed by atoms with van der Waals surface area (Å²) in [5, 5.41) is 4.68. The molecular formula is C15H13NO2S. The molecule has 2 rings (SSSR count). The average molecular weight is 271 g/mol. The number of thiophene rings is 1. The largest absolute Gasteiger partial charge is 0.322 e. The topological polar surface area (TPSA) is 46.2 Å². The smallest absolute Gasteiger partial charge is 0.248 e. The van der Waals surface area contributed by atoms with Crippen LogP contribution in [0.2, 0.25) is 0 Å². The van der Waals surface area contributed by atoms with E-state index >= 15 is 0 Å². The highest BCUT2D eigenvalue weighted by atomic mass is 32.1. The number of hydrogen-bond acceptors (Lipinski definition) is 3. The van der Waals surface area contributed by atoms with Crippen molar-refractivity contribution in [1.82, 2.24) is 0 Å². The standard InChI is InChI=1S/C15H13NO2S/c1-11(17)12-4-2-5-13(10-12)16-15(18)8-7-14-6-3-9-19-14/h2-10H,1H3,(H,16,18)/b8-7+. The van der Waals surface area contributed by atoms with Crippen LogP contribution in [0.5, 0.6) is 0 Å². The minimum Gasteiger partial charge on any atom is -0.322 e. The molecule has 0 unspecified atom stereocenters. The number of rotatable bonds is 4. The van der Waals surface area contributed by atoms with Gasteiger partial charge in [0.15, 0.2) is 5.78 Å². The highest BCUT2D eigenvalue weighted by Gasteiger charge is 2.02. The molecule has 0 aliphatic heterocycles. The second kappa shape index (κ2) is 6.11. The number of hydrogen-bond donors (Lipinski definition) is 1. The molecule has 0 saturated heterocycles. The molecule has 1 amide bonds. The van der Waals surface area contributed by atoms with E-state index in [1.165, 1.54) is 13.0 Å². The average Bonchev–Trinajstić information content (AvgIpc) is 2.90. The van der Waals surface area contributed by atoms with Gasteiger partial charge in [0, 0.05) is 22.2 Å². The molecule has 0 radical (unpaired) electrons. The van der Waals surface area contributed by atoms with Crippen molar-refractivity contribution in [2.75, 3.05) is 5.32 Å². The van der Waals surface area contributed by atoms with Crippen molar-refractivity contribution >= 4 is 34.8 Å². The van der Waals surface area contributed by atoms with Gasteiger partial charge in [-0.25, -0.2) is 0 Å². The minimum atomic E-state index is -0.214. The maximum atomic E-state index is 11.7. The van der Waals surface area contributed by atoms with Crippen LogP contribution in [0.15, 0.2) is 47.9 Å². The molecule has 0 saturated carbocycles. The number of nitrogens with one attached hydrogen (secondary N) is 1. The van der Waals surface area contributed by atoms with Gasteiger partial charge in [0.1, 0.15) is 0 Å². The molecule has 3 nitrogen and oxygen atoms in total. The fourth-order valence-electron chi connectivity index (χ4n) is 1.54. The Labute approximate surface area is 115 Å². The zero-order valence-electron chi connectivity index (χ0n) is 10.4. The van der Waals surface area contributed by atoms with Gasteiger partial charge < -0.3 is 5.32 Å². The molecule has 1 aromatic carbocycles. The third-order valence-electron chi connectivity index (χ3n) is 2.48. The first-order valence-corrected chi connectivity index (χ1v) is 6.67. The van der Waals surface area contributed by atoms with Crippen molar-refractivity contribution < 1.29 is 9.59 Å². The molecule has 0 spiro atoms. The molecule has 0 fully saturated rings. The van der Waals surface area contributed by atoms with Crippen molar-refractivity contribution in [3.63, 3.8) is 0 Å². The van der Waals surface area contributed by atoms with Crippen LogP contribution in [0.4, 0.5) is 5.69 Å². The Bertz CT molecular complexity index is 615. The van der Waals surface area contributed by atoms with E-state index in [9.17, 15) is 9.59 Å². The lowest BCUT2D eigenvalue weighted by atomic mass is 10.1. The quantitative estimate of drug-likeness (QED) is 0.682. The number of amides is 1. The molecule has 0 aliphatic rings. The van der Waals surface area contributed by atoms with Crippen molar-refractivity contribution in [2.45, 2.75) is 6.92 Å². The summed E-state index contributed by atoms with van der Waals surface area (Å²) in [6.07, 6.45) is 3.24. The van der Waals surface area contributed by atoms with Gasteiger partial charge in [-0.2, -0.15) is 0 Å². The normalized spacial score (nSPS) is 10.6. The van der Waals surface area contributed by atoms with Crippen molar-refractivity contribution in [1.29, 1.82) is 0 Å². The van der Waals surface area contributed by atoms with Gasteiger partial charge in [0.25, 0.3) is 0 Å². The number of benzene rings is 1. The third kappa shape index (κ3) is 3.89. The third-order valence-corrected chi connectivity index (χ3v) is 3.32. The highest BCUT2D eigenvalue weighted by Crippen LogP contribution is 2.13. The van der Waals surface area contributed by atoms with Gasteiger partial charge in [-0.05, 0) is 36.6 Å². The van der Waals surface area contributed by atoms with Crippen LogP contribution in [-0.2, 0) is 4.79 Å². The Kier molecular flexibility index (Phi) is 4.26. The monoisotopic (exact) mass is 271 g/mol. The lowest BCUT2D eigenvalue weighted by Gasteiger charge is -2.03. The Morgan fingerprint density at radius 3 is 2.74 bits per heavy atom. The Morgan fingerprint density at radius 1 is 1.21 bits per heavy atom. The zero-order chi connectivity index (χ0) is 13.7. The summed E-state index contributed by atoms with van der Waals surface area (Å²) in [5.74, 6) is -0.237. The van der Waals surface area contributed by atoms with Crippen LogP contribution >= 0.6 is 11.3 Å². The first kappa shape index (κ1) is 13.2. The summed E-state index contributed by atoms with van der Waals surface area (Å²) < 4.78 is 0. The maximum Gasteiger partial charge on any atom is 0.248 e. The molecule has 1 heterocycles. The van der Waals surface area contributed by atoms with Gasteiger partial charge >= 0.3 is 0 Å². The zero-order valence-corrected chi connectivity index (χ0v) is 11.2. The number of carbonyl (C=O) groups is 2. The Hall–Kier alpha value is -2.20. The van der Waals surface area contributed by atoms with E-state index in [1.807, 2.05) is 17.5 Å². The molecule has 96 valence electrons. The Balaban J connectivity index is 2.03. The molecule has 0 atom stereocenters. The number of carbonyl (C=O) groups excluding carboxylic acids is 2. The van der Waals surface area contributed by atoms with E-state index in [1.54, 1.807) is 41.7 Å². The fraction of sp³-hybridized carbons (Fsp3) is 0.0667. The van der Waals surface area contributed by atoms with Gasteiger partial charge in [-0.3, -0.25) is 9.59 Å². The van der Waals surface area contributed by atoms with Gasteiger partial charge in [-0.15, -0.1) is 11.3 Å². The summed E-state index contributed by atoms with van der Waals surface area (Å²) >= 11 is 1.57. The summed E-state index contributed by atoms with van der Waals surface area (Å²) in [5.41, 5.74) is 1.20. The van der Waals surface area contributed by atoms with Crippen LogP contribution in [0.1, 0.15) is 22.2 Å². The van der Waals surface area contributed by atoms with Gasteiger partial charge in [0.05, 0.1) is 0 Å². The van der Waals surface area contributed by atoms with Crippen molar-refractivity contribution in [3.05, 3.63) is 58.3 Å². The molecule has 4 heteroatoms. The molecule has 19 heavy (non-hydrogen) atoms. The molecular weight excluding hydrogens is 258 g/mol. The first-order chi connectivity index (χ1) is 9.15. The van der Waals surface area contributed by atoms with E-state index in [-0.39, 0.29) is 11.7 Å². The van der Waals surface area contributed by atoms with E-state index in [2.05, 4.69) is 5.32 Å². The first-order valence-electron chi connectivity index (χ1n) is 5.79. The van der Waals surface area contributed by atoms with E-state index < -0.39 is 0 Å². The van der Waals surface area contributed by atoms with Crippen LogP contribution in [-0.4, -0.2) is 11.7 Å². The fourth-order valence-corrected chi connectivity index (χ4v) is 2.16. The predicted molar refractivity (Wildman–Crippen MR) is 78.4 cm³/mol. The summed E-state index contributed by atoms with van der Waals surface area (Å²) in [6.45, 7) is 1.50. The van der Waals surface area contributed by atoms with Gasteiger partial charge in [0.2, 0.25) is 5.91 Å². The highest BCUT2D eigenvalue weighted by molar-refractivity contribution is 7.10. The van der Waals surface area contributed by atoms with E-state index in [0.717, 1.165) is 4.88 Å². The second-order valence-corrected chi connectivity index (χ2v) is 4.95. The predicted octanol–water partition coefficient (Wildman–Crippen LogP) is 3.60. The second-order valence-electron chi connectivity index (χ2n) is 3.97. The van der Waals surface area contributed by atoms with Gasteiger partial charge in [-0.1, -0.05) is 18.2 Å². The molecule has 0 bridgehead atoms. The van der Waals surface area contributed by atoms with E-state index in [0.29, 0.717) is 11.3 Å². The van der Waals surface area contributed by atoms with Crippen LogP contribution in [0, 0.1) is 0 Å². The van der Waals surface area contributed by atoms with E-state index in [4.69, 9.17) is 0 Å². The van der Waals surface area contributed by atoms with Crippen LogP contribution in [0.3, 0.4) is 0 Å². The van der Waals surface area contributed by atoms with Crippen molar-refractivity contribution in [2.24, 2.45) is 0 Å². The minimum absolute atomic E-state index is 0.0229. The number of anilines is 1. The van der Waals surface area contributed by atoms with Crippen LogP contribution in [0.25, 0.3) is 6.08 Å². The molecule has 0 aliphatic carbocycles. The van der Waals surface area contributed by atoms with Crippen molar-refractivity contribution in [3.8, 4) is 0 Å². The summed E-state index contributed by atoms with van der Waals surface area (Å²) in [6, 6.07) is 10.8. The molecule has 1 N–H and O–H groups in total. The molecule has 2 aromatic rings. The lowest BCUT2D eigenvalue weighted by molar-refractivity contribution is -0.111. The Morgan fingerprint density at radius 2 is 2.05 bits per heavy atom. The molecule has 1 aromatic heterocycles.